The molecule has 1 aromatic heterocycles. The average Bonchev–Trinajstić information content (AvgIpc) is 2.35. The number of benzene rings is 1. The minimum Gasteiger partial charge on any atom is -0.399 e. The van der Waals surface area contributed by atoms with Gasteiger partial charge in [-0.2, -0.15) is 13.2 Å². The van der Waals surface area contributed by atoms with Crippen molar-refractivity contribution in [3.8, 4) is 0 Å². The summed E-state index contributed by atoms with van der Waals surface area (Å²) in [7, 11) is 0. The molecular weight excluding hydrogens is 293 g/mol. The first-order valence-electron chi connectivity index (χ1n) is 5.41. The molecule has 0 saturated heterocycles. The van der Waals surface area contributed by atoms with E-state index in [9.17, 15) is 18.0 Å². The first-order valence-corrected chi connectivity index (χ1v) is 5.79. The molecule has 0 atom stereocenters. The SMILES string of the molecule is Nc1cc(Cl)cc(C(=O)c2cnccc2C(F)(F)F)c1. The van der Waals surface area contributed by atoms with Crippen molar-refractivity contribution in [2.24, 2.45) is 0 Å². The molecule has 1 heterocycles. The van der Waals surface area contributed by atoms with Crippen LogP contribution in [-0.4, -0.2) is 10.8 Å². The normalized spacial score (nSPS) is 11.4. The fraction of sp³-hybridized carbons (Fsp3) is 0.0769. The molecule has 0 aliphatic heterocycles. The summed E-state index contributed by atoms with van der Waals surface area (Å²) < 4.78 is 38.6. The Kier molecular flexibility index (Phi) is 3.67. The van der Waals surface area contributed by atoms with Crippen LogP contribution in [0.15, 0.2) is 36.7 Å². The number of hydrogen-bond donors (Lipinski definition) is 1. The number of hydrogen-bond acceptors (Lipinski definition) is 3. The number of alkyl halides is 3. The van der Waals surface area contributed by atoms with E-state index < -0.39 is 23.1 Å². The van der Waals surface area contributed by atoms with E-state index in [0.717, 1.165) is 18.5 Å². The van der Waals surface area contributed by atoms with Gasteiger partial charge in [-0.05, 0) is 24.3 Å². The molecule has 2 N–H and O–H groups in total. The Balaban J connectivity index is 2.54. The third-order valence-corrected chi connectivity index (χ3v) is 2.77. The Morgan fingerprint density at radius 3 is 2.55 bits per heavy atom. The fourth-order valence-electron chi connectivity index (χ4n) is 1.72. The summed E-state index contributed by atoms with van der Waals surface area (Å²) in [4.78, 5) is 15.7. The molecule has 0 amide bonds. The largest absolute Gasteiger partial charge is 0.417 e. The fourth-order valence-corrected chi connectivity index (χ4v) is 1.97. The lowest BCUT2D eigenvalue weighted by atomic mass is 10.00. The highest BCUT2D eigenvalue weighted by molar-refractivity contribution is 6.31. The van der Waals surface area contributed by atoms with Crippen LogP contribution in [0, 0.1) is 0 Å². The molecule has 0 radical (unpaired) electrons. The minimum atomic E-state index is -4.64. The zero-order chi connectivity index (χ0) is 14.9. The highest BCUT2D eigenvalue weighted by Gasteiger charge is 2.35. The van der Waals surface area contributed by atoms with Gasteiger partial charge in [0, 0.05) is 28.7 Å². The van der Waals surface area contributed by atoms with Crippen molar-refractivity contribution in [3.05, 3.63) is 58.4 Å². The summed E-state index contributed by atoms with van der Waals surface area (Å²) in [5.74, 6) is -0.834. The highest BCUT2D eigenvalue weighted by atomic mass is 35.5. The second kappa shape index (κ2) is 5.13. The van der Waals surface area contributed by atoms with Crippen LogP contribution < -0.4 is 5.73 Å². The van der Waals surface area contributed by atoms with E-state index in [4.69, 9.17) is 17.3 Å². The maximum Gasteiger partial charge on any atom is 0.417 e. The molecule has 2 rings (SSSR count). The van der Waals surface area contributed by atoms with Crippen LogP contribution in [0.4, 0.5) is 18.9 Å². The number of anilines is 1. The number of pyridine rings is 1. The molecule has 0 fully saturated rings. The zero-order valence-electron chi connectivity index (χ0n) is 9.91. The number of carbonyl (C=O) groups excluding carboxylic acids is 1. The first-order chi connectivity index (χ1) is 9.29. The van der Waals surface area contributed by atoms with Gasteiger partial charge < -0.3 is 5.73 Å². The van der Waals surface area contributed by atoms with E-state index in [1.807, 2.05) is 0 Å². The van der Waals surface area contributed by atoms with Gasteiger partial charge in [0.15, 0.2) is 5.78 Å². The molecule has 0 unspecified atom stereocenters. The third-order valence-electron chi connectivity index (χ3n) is 2.55. The molecule has 0 saturated carbocycles. The van der Waals surface area contributed by atoms with E-state index in [-0.39, 0.29) is 16.3 Å². The quantitative estimate of drug-likeness (QED) is 0.681. The molecule has 3 nitrogen and oxygen atoms in total. The van der Waals surface area contributed by atoms with E-state index >= 15 is 0 Å². The van der Waals surface area contributed by atoms with Gasteiger partial charge in [-0.1, -0.05) is 11.6 Å². The Bertz CT molecular complexity index is 651. The van der Waals surface area contributed by atoms with Crippen molar-refractivity contribution in [2.75, 3.05) is 5.73 Å². The molecule has 0 aliphatic rings. The predicted molar refractivity (Wildman–Crippen MR) is 68.5 cm³/mol. The summed E-state index contributed by atoms with van der Waals surface area (Å²) in [6.07, 6.45) is -2.79. The lowest BCUT2D eigenvalue weighted by Crippen LogP contribution is -2.14. The summed E-state index contributed by atoms with van der Waals surface area (Å²) in [5.41, 5.74) is 4.11. The Morgan fingerprint density at radius 2 is 1.95 bits per heavy atom. The maximum atomic E-state index is 12.9. The number of ketones is 1. The van der Waals surface area contributed by atoms with Crippen LogP contribution in [0.3, 0.4) is 0 Å². The summed E-state index contributed by atoms with van der Waals surface area (Å²) in [5, 5.41) is 0.172. The predicted octanol–water partition coefficient (Wildman–Crippen LogP) is 3.57. The van der Waals surface area contributed by atoms with Gasteiger partial charge >= 0.3 is 6.18 Å². The Labute approximate surface area is 117 Å². The van der Waals surface area contributed by atoms with Gasteiger partial charge in [0.1, 0.15) is 0 Å². The van der Waals surface area contributed by atoms with Crippen LogP contribution in [-0.2, 0) is 6.18 Å². The number of aromatic nitrogens is 1. The average molecular weight is 301 g/mol. The molecule has 2 aromatic rings. The molecule has 1 aromatic carbocycles. The standard InChI is InChI=1S/C13H8ClF3N2O/c14-8-3-7(4-9(18)5-8)12(20)10-6-19-2-1-11(10)13(15,16)17/h1-6H,18H2. The Morgan fingerprint density at radius 1 is 1.25 bits per heavy atom. The van der Waals surface area contributed by atoms with Crippen LogP contribution in [0.2, 0.25) is 5.02 Å². The number of halogens is 4. The van der Waals surface area contributed by atoms with E-state index in [1.54, 1.807) is 0 Å². The Hall–Kier alpha value is -2.08. The molecule has 0 aliphatic carbocycles. The van der Waals surface area contributed by atoms with Crippen molar-refractivity contribution in [1.29, 1.82) is 0 Å². The van der Waals surface area contributed by atoms with Crippen molar-refractivity contribution in [1.82, 2.24) is 4.98 Å². The van der Waals surface area contributed by atoms with Gasteiger partial charge in [-0.25, -0.2) is 0 Å². The molecular formula is C13H8ClF3N2O. The van der Waals surface area contributed by atoms with Crippen LogP contribution in [0.25, 0.3) is 0 Å². The molecule has 0 bridgehead atoms. The lowest BCUT2D eigenvalue weighted by Gasteiger charge is -2.11. The second-order valence-electron chi connectivity index (χ2n) is 4.02. The molecule has 104 valence electrons. The summed E-state index contributed by atoms with van der Waals surface area (Å²) >= 11 is 5.74. The van der Waals surface area contributed by atoms with Crippen LogP contribution >= 0.6 is 11.6 Å². The van der Waals surface area contributed by atoms with Gasteiger partial charge in [0.2, 0.25) is 0 Å². The lowest BCUT2D eigenvalue weighted by molar-refractivity contribution is -0.137. The zero-order valence-corrected chi connectivity index (χ0v) is 10.7. The summed E-state index contributed by atoms with van der Waals surface area (Å²) in [6.45, 7) is 0. The monoisotopic (exact) mass is 300 g/mol. The first kappa shape index (κ1) is 14.3. The summed E-state index contributed by atoms with van der Waals surface area (Å²) in [6, 6.07) is 4.67. The van der Waals surface area contributed by atoms with E-state index in [2.05, 4.69) is 4.98 Å². The molecule has 0 spiro atoms. The van der Waals surface area contributed by atoms with E-state index in [1.165, 1.54) is 18.2 Å². The number of nitrogens with zero attached hydrogens (tertiary/aromatic N) is 1. The highest BCUT2D eigenvalue weighted by Crippen LogP contribution is 2.32. The number of nitrogens with two attached hydrogens (primary N) is 1. The molecule has 7 heteroatoms. The third kappa shape index (κ3) is 2.91. The minimum absolute atomic E-state index is 0.0199. The van der Waals surface area contributed by atoms with Gasteiger partial charge in [0.25, 0.3) is 0 Å². The van der Waals surface area contributed by atoms with Crippen molar-refractivity contribution >= 4 is 23.1 Å². The number of rotatable bonds is 2. The van der Waals surface area contributed by atoms with E-state index in [0.29, 0.717) is 0 Å². The van der Waals surface area contributed by atoms with Crippen molar-refractivity contribution < 1.29 is 18.0 Å². The van der Waals surface area contributed by atoms with Crippen molar-refractivity contribution in [2.45, 2.75) is 6.18 Å². The van der Waals surface area contributed by atoms with Crippen LogP contribution in [0.5, 0.6) is 0 Å². The smallest absolute Gasteiger partial charge is 0.399 e. The molecule has 20 heavy (non-hydrogen) atoms. The van der Waals surface area contributed by atoms with Crippen LogP contribution in [0.1, 0.15) is 21.5 Å². The van der Waals surface area contributed by atoms with Gasteiger partial charge in [0.05, 0.1) is 11.1 Å². The van der Waals surface area contributed by atoms with Gasteiger partial charge in [-0.15, -0.1) is 0 Å². The maximum absolute atomic E-state index is 12.9. The van der Waals surface area contributed by atoms with Gasteiger partial charge in [-0.3, -0.25) is 9.78 Å². The van der Waals surface area contributed by atoms with Crippen molar-refractivity contribution in [3.63, 3.8) is 0 Å². The topological polar surface area (TPSA) is 56.0 Å². The number of carbonyl (C=O) groups is 1. The second-order valence-corrected chi connectivity index (χ2v) is 4.46. The number of nitrogen functional groups attached to an aromatic ring is 1.